The molecule has 8 heteroatoms. The Bertz CT molecular complexity index is 994. The quantitative estimate of drug-likeness (QED) is 0.388. The van der Waals surface area contributed by atoms with Crippen molar-refractivity contribution < 1.29 is 9.53 Å². The molecule has 1 aliphatic heterocycles. The van der Waals surface area contributed by atoms with E-state index in [9.17, 15) is 4.79 Å². The van der Waals surface area contributed by atoms with Crippen LogP contribution in [-0.4, -0.2) is 52.6 Å². The molecule has 2 aromatic heterocycles. The highest BCUT2D eigenvalue weighted by Crippen LogP contribution is 2.29. The smallest absolute Gasteiger partial charge is 0.209 e. The van der Waals surface area contributed by atoms with Crippen molar-refractivity contribution in [2.24, 2.45) is 0 Å². The van der Waals surface area contributed by atoms with Gasteiger partial charge in [0.05, 0.1) is 19.0 Å². The molecule has 158 valence electrons. The predicted molar refractivity (Wildman–Crippen MR) is 122 cm³/mol. The number of carbonyl (C=O) groups is 1. The number of rotatable bonds is 8. The lowest BCUT2D eigenvalue weighted by Crippen LogP contribution is -2.36. The topological polar surface area (TPSA) is 60.3 Å². The Labute approximate surface area is 185 Å². The first-order chi connectivity index (χ1) is 14.6. The molecule has 1 aliphatic rings. The number of Topliss-reactive ketones (excluding diaryl/α,β-unsaturated/α-hetero) is 1. The third-order valence-electron chi connectivity index (χ3n) is 5.35. The van der Waals surface area contributed by atoms with Crippen molar-refractivity contribution >= 4 is 34.0 Å². The highest BCUT2D eigenvalue weighted by atomic mass is 32.2. The van der Waals surface area contributed by atoms with Gasteiger partial charge in [-0.15, -0.1) is 10.2 Å². The summed E-state index contributed by atoms with van der Waals surface area (Å²) in [6, 6.07) is 12.5. The van der Waals surface area contributed by atoms with Crippen molar-refractivity contribution in [2.75, 3.05) is 37.0 Å². The first kappa shape index (κ1) is 21.1. The van der Waals surface area contributed by atoms with Gasteiger partial charge in [0.15, 0.2) is 10.1 Å². The zero-order chi connectivity index (χ0) is 20.9. The van der Waals surface area contributed by atoms with Crippen molar-refractivity contribution in [1.82, 2.24) is 14.8 Å². The molecule has 3 heterocycles. The van der Waals surface area contributed by atoms with Crippen LogP contribution < -0.4 is 4.90 Å². The average molecular weight is 443 g/mol. The lowest BCUT2D eigenvalue weighted by Gasteiger charge is -2.25. The fourth-order valence-corrected chi connectivity index (χ4v) is 5.44. The van der Waals surface area contributed by atoms with E-state index in [1.807, 2.05) is 19.1 Å². The maximum absolute atomic E-state index is 12.9. The maximum Gasteiger partial charge on any atom is 0.209 e. The second-order valence-corrected chi connectivity index (χ2v) is 9.51. The van der Waals surface area contributed by atoms with E-state index >= 15 is 0 Å². The van der Waals surface area contributed by atoms with E-state index in [0.29, 0.717) is 5.75 Å². The summed E-state index contributed by atoms with van der Waals surface area (Å²) in [6.07, 6.45) is 0.953. The van der Waals surface area contributed by atoms with Gasteiger partial charge in [-0.1, -0.05) is 53.4 Å². The summed E-state index contributed by atoms with van der Waals surface area (Å²) in [5.74, 6) is 0.517. The van der Waals surface area contributed by atoms with Crippen molar-refractivity contribution in [2.45, 2.75) is 31.2 Å². The Morgan fingerprint density at radius 3 is 2.70 bits per heavy atom. The molecular formula is C22H26N4O2S2. The molecule has 0 saturated carbocycles. The second kappa shape index (κ2) is 9.76. The van der Waals surface area contributed by atoms with Gasteiger partial charge in [-0.2, -0.15) is 0 Å². The number of aromatic nitrogens is 3. The molecule has 0 N–H and O–H groups in total. The van der Waals surface area contributed by atoms with Crippen LogP contribution in [-0.2, 0) is 17.7 Å². The lowest BCUT2D eigenvalue weighted by atomic mass is 10.1. The number of benzene rings is 1. The van der Waals surface area contributed by atoms with Gasteiger partial charge in [-0.25, -0.2) is 0 Å². The summed E-state index contributed by atoms with van der Waals surface area (Å²) in [5.41, 5.74) is 4.29. The Morgan fingerprint density at radius 2 is 1.93 bits per heavy atom. The zero-order valence-electron chi connectivity index (χ0n) is 17.3. The van der Waals surface area contributed by atoms with Gasteiger partial charge in [0, 0.05) is 36.6 Å². The maximum atomic E-state index is 12.9. The molecule has 4 rings (SSSR count). The third-order valence-corrected chi connectivity index (χ3v) is 7.46. The molecule has 1 saturated heterocycles. The van der Waals surface area contributed by atoms with Gasteiger partial charge in [0.2, 0.25) is 5.13 Å². The molecule has 0 amide bonds. The van der Waals surface area contributed by atoms with Crippen LogP contribution >= 0.6 is 23.1 Å². The summed E-state index contributed by atoms with van der Waals surface area (Å²) in [4.78, 5) is 15.1. The Morgan fingerprint density at radius 1 is 1.17 bits per heavy atom. The highest BCUT2D eigenvalue weighted by molar-refractivity contribution is 8.01. The van der Waals surface area contributed by atoms with E-state index in [1.165, 1.54) is 17.3 Å². The number of aryl methyl sites for hydroxylation is 2. The molecule has 0 spiro atoms. The summed E-state index contributed by atoms with van der Waals surface area (Å²) < 4.78 is 8.46. The molecule has 6 nitrogen and oxygen atoms in total. The van der Waals surface area contributed by atoms with E-state index in [0.717, 1.165) is 65.7 Å². The molecule has 1 fully saturated rings. The van der Waals surface area contributed by atoms with Crippen molar-refractivity contribution in [3.8, 4) is 0 Å². The molecule has 0 atom stereocenters. The highest BCUT2D eigenvalue weighted by Gasteiger charge is 2.19. The van der Waals surface area contributed by atoms with Crippen molar-refractivity contribution in [3.63, 3.8) is 0 Å². The molecule has 0 bridgehead atoms. The van der Waals surface area contributed by atoms with Crippen LogP contribution in [0, 0.1) is 13.8 Å². The van der Waals surface area contributed by atoms with Gasteiger partial charge < -0.3 is 14.2 Å². The minimum Gasteiger partial charge on any atom is -0.378 e. The minimum absolute atomic E-state index is 0.141. The first-order valence-corrected chi connectivity index (χ1v) is 11.9. The van der Waals surface area contributed by atoms with Crippen LogP contribution in [0.3, 0.4) is 0 Å². The standard InChI is InChI=1S/C22H26N4O2S2/c1-16-14-19(17(2)26(16)9-8-18-6-4-3-5-7-18)20(27)15-29-22-24-23-21(30-22)25-10-12-28-13-11-25/h3-7,14H,8-13,15H2,1-2H3. The summed E-state index contributed by atoms with van der Waals surface area (Å²) in [7, 11) is 0. The molecule has 3 aromatic rings. The van der Waals surface area contributed by atoms with Gasteiger partial charge in [0.1, 0.15) is 0 Å². The zero-order valence-corrected chi connectivity index (χ0v) is 19.0. The van der Waals surface area contributed by atoms with Crippen LogP contribution in [0.15, 0.2) is 40.7 Å². The van der Waals surface area contributed by atoms with Gasteiger partial charge in [-0.05, 0) is 31.9 Å². The molecular weight excluding hydrogens is 416 g/mol. The summed E-state index contributed by atoms with van der Waals surface area (Å²) in [6.45, 7) is 8.11. The van der Waals surface area contributed by atoms with E-state index in [1.54, 1.807) is 11.3 Å². The van der Waals surface area contributed by atoms with Crippen LogP contribution in [0.2, 0.25) is 0 Å². The van der Waals surface area contributed by atoms with Crippen LogP contribution in [0.4, 0.5) is 5.13 Å². The number of morpholine rings is 1. The van der Waals surface area contributed by atoms with Crippen molar-refractivity contribution in [3.05, 3.63) is 58.9 Å². The van der Waals surface area contributed by atoms with Gasteiger partial charge in [-0.3, -0.25) is 4.79 Å². The molecule has 30 heavy (non-hydrogen) atoms. The molecule has 0 radical (unpaired) electrons. The average Bonchev–Trinajstić information content (AvgIpc) is 3.36. The van der Waals surface area contributed by atoms with E-state index in [4.69, 9.17) is 4.74 Å². The Kier molecular flexibility index (Phi) is 6.86. The fourth-order valence-electron chi connectivity index (χ4n) is 3.66. The van der Waals surface area contributed by atoms with Crippen LogP contribution in [0.25, 0.3) is 0 Å². The molecule has 0 aliphatic carbocycles. The number of thioether (sulfide) groups is 1. The summed E-state index contributed by atoms with van der Waals surface area (Å²) >= 11 is 3.02. The molecule has 1 aromatic carbocycles. The fraction of sp³-hybridized carbons (Fsp3) is 0.409. The number of hydrogen-bond acceptors (Lipinski definition) is 7. The Hall–Kier alpha value is -2.16. The predicted octanol–water partition coefficient (Wildman–Crippen LogP) is 4.01. The van der Waals surface area contributed by atoms with Crippen molar-refractivity contribution in [1.29, 1.82) is 0 Å². The number of hydrogen-bond donors (Lipinski definition) is 0. The van der Waals surface area contributed by atoms with Gasteiger partial charge in [0.25, 0.3) is 0 Å². The van der Waals surface area contributed by atoms with E-state index in [2.05, 4.69) is 50.9 Å². The van der Waals surface area contributed by atoms with Crippen LogP contribution in [0.1, 0.15) is 27.3 Å². The second-order valence-electron chi connectivity index (χ2n) is 7.33. The first-order valence-electron chi connectivity index (χ1n) is 10.1. The lowest BCUT2D eigenvalue weighted by molar-refractivity contribution is 0.102. The largest absolute Gasteiger partial charge is 0.378 e. The van der Waals surface area contributed by atoms with Gasteiger partial charge >= 0.3 is 0 Å². The Balaban J connectivity index is 1.36. The summed E-state index contributed by atoms with van der Waals surface area (Å²) in [5, 5.41) is 9.45. The third kappa shape index (κ3) is 4.94. The minimum atomic E-state index is 0.141. The number of anilines is 1. The monoisotopic (exact) mass is 442 g/mol. The number of nitrogens with zero attached hydrogens (tertiary/aromatic N) is 4. The normalized spacial score (nSPS) is 14.3. The number of ether oxygens (including phenoxy) is 1. The molecule has 0 unspecified atom stereocenters. The SMILES string of the molecule is Cc1cc(C(=O)CSc2nnc(N3CCOCC3)s2)c(C)n1CCc1ccccc1. The van der Waals surface area contributed by atoms with E-state index < -0.39 is 0 Å². The number of ketones is 1. The number of carbonyl (C=O) groups excluding carboxylic acids is 1. The van der Waals surface area contributed by atoms with E-state index in [-0.39, 0.29) is 5.78 Å². The van der Waals surface area contributed by atoms with Crippen LogP contribution in [0.5, 0.6) is 0 Å².